The summed E-state index contributed by atoms with van der Waals surface area (Å²) in [7, 11) is 0. The van der Waals surface area contributed by atoms with Crippen molar-refractivity contribution >= 4 is 0 Å². The molecule has 0 aliphatic heterocycles. The van der Waals surface area contributed by atoms with Crippen LogP contribution < -0.4 is 16.4 Å². The van der Waals surface area contributed by atoms with Gasteiger partial charge in [-0.05, 0) is 60.8 Å². The van der Waals surface area contributed by atoms with Crippen LogP contribution in [0.1, 0.15) is 66.5 Å². The predicted octanol–water partition coefficient (Wildman–Crippen LogP) is 4.01. The van der Waals surface area contributed by atoms with E-state index in [2.05, 4.69) is 71.3 Å². The minimum absolute atomic E-state index is 0.0623. The van der Waals surface area contributed by atoms with Gasteiger partial charge < -0.3 is 16.4 Å². The van der Waals surface area contributed by atoms with Crippen molar-refractivity contribution in [3.8, 4) is 6.07 Å². The van der Waals surface area contributed by atoms with Gasteiger partial charge in [-0.1, -0.05) is 54.6 Å². The molecule has 4 nitrogen and oxygen atoms in total. The van der Waals surface area contributed by atoms with Crippen molar-refractivity contribution in [2.45, 2.75) is 61.9 Å². The molecule has 0 bridgehead atoms. The molecule has 6 rings (SSSR count). The number of benzene rings is 2. The van der Waals surface area contributed by atoms with Crippen LogP contribution in [0.15, 0.2) is 54.6 Å². The number of nitriles is 1. The second kappa shape index (κ2) is 7.70. The Bertz CT molecular complexity index is 1020. The molecule has 32 heavy (non-hydrogen) atoms. The maximum absolute atomic E-state index is 9.33. The van der Waals surface area contributed by atoms with Gasteiger partial charge in [0.05, 0.1) is 11.5 Å². The Morgan fingerprint density at radius 3 is 2.28 bits per heavy atom. The molecule has 0 heterocycles. The van der Waals surface area contributed by atoms with Gasteiger partial charge in [0.2, 0.25) is 0 Å². The Morgan fingerprint density at radius 1 is 0.875 bits per heavy atom. The molecule has 0 saturated heterocycles. The van der Waals surface area contributed by atoms with Gasteiger partial charge in [-0.25, -0.2) is 0 Å². The lowest BCUT2D eigenvalue weighted by Crippen LogP contribution is -2.32. The van der Waals surface area contributed by atoms with Gasteiger partial charge in [0.15, 0.2) is 0 Å². The van der Waals surface area contributed by atoms with Gasteiger partial charge in [0, 0.05) is 42.9 Å². The van der Waals surface area contributed by atoms with Crippen molar-refractivity contribution in [2.24, 2.45) is 16.6 Å². The molecule has 2 aromatic carbocycles. The Kier molecular flexibility index (Phi) is 4.91. The zero-order chi connectivity index (χ0) is 21.8. The van der Waals surface area contributed by atoms with E-state index in [0.717, 1.165) is 32.5 Å². The van der Waals surface area contributed by atoms with Crippen molar-refractivity contribution in [3.05, 3.63) is 71.3 Å². The van der Waals surface area contributed by atoms with Crippen LogP contribution in [0.4, 0.5) is 0 Å². The molecule has 0 aromatic heterocycles. The smallest absolute Gasteiger partial charge is 0.0703 e. The van der Waals surface area contributed by atoms with Crippen LogP contribution in [-0.4, -0.2) is 31.7 Å². The summed E-state index contributed by atoms with van der Waals surface area (Å²) < 4.78 is 0. The zero-order valence-corrected chi connectivity index (χ0v) is 18.8. The molecule has 0 spiro atoms. The highest BCUT2D eigenvalue weighted by Crippen LogP contribution is 2.56. The van der Waals surface area contributed by atoms with Crippen LogP contribution in [0.5, 0.6) is 0 Å². The third kappa shape index (κ3) is 3.88. The maximum atomic E-state index is 9.33. The van der Waals surface area contributed by atoms with Crippen molar-refractivity contribution < 1.29 is 0 Å². The van der Waals surface area contributed by atoms with E-state index >= 15 is 0 Å². The standard InChI is InChI=1S/C28H34N4/c29-15-27(9-10-27)17-31-23-14-22(23)20-7-4-8-21(13-20)25-24(19-5-2-1-3-6-19)26(25)32-18-28(16-30)11-12-28/h1-8,13,22-26,31-32H,9-12,14,16-18,30H2/t22-,23+,24+,25?,26-/m1/s1. The van der Waals surface area contributed by atoms with E-state index in [-0.39, 0.29) is 5.41 Å². The molecule has 4 N–H and O–H groups in total. The van der Waals surface area contributed by atoms with E-state index in [1.54, 1.807) is 0 Å². The van der Waals surface area contributed by atoms with E-state index in [1.165, 1.54) is 36.0 Å². The lowest BCUT2D eigenvalue weighted by Gasteiger charge is -2.13. The Hall–Kier alpha value is -2.19. The Balaban J connectivity index is 1.15. The van der Waals surface area contributed by atoms with Gasteiger partial charge in [-0.3, -0.25) is 0 Å². The summed E-state index contributed by atoms with van der Waals surface area (Å²) in [5.74, 6) is 1.67. The summed E-state index contributed by atoms with van der Waals surface area (Å²) in [6, 6.07) is 23.8. The number of hydrogen-bond acceptors (Lipinski definition) is 4. The third-order valence-corrected chi connectivity index (χ3v) is 8.61. The SMILES string of the molecule is N#CC1(CN[C@H]2C[C@@H]2c2cccc(C3[C@H](NCC4(CN)CC4)[C@H]3c3ccccc3)c2)CC1. The number of nitrogens with zero attached hydrogens (tertiary/aromatic N) is 1. The minimum atomic E-state index is -0.0623. The van der Waals surface area contributed by atoms with Crippen LogP contribution >= 0.6 is 0 Å². The van der Waals surface area contributed by atoms with E-state index in [1.807, 2.05) is 0 Å². The number of rotatable bonds is 10. The second-order valence-electron chi connectivity index (χ2n) is 11.0. The average molecular weight is 427 g/mol. The van der Waals surface area contributed by atoms with Gasteiger partial charge >= 0.3 is 0 Å². The van der Waals surface area contributed by atoms with Crippen molar-refractivity contribution in [1.82, 2.24) is 10.6 Å². The first kappa shape index (κ1) is 20.4. The predicted molar refractivity (Wildman–Crippen MR) is 127 cm³/mol. The highest BCUT2D eigenvalue weighted by molar-refractivity contribution is 5.44. The minimum Gasteiger partial charge on any atom is -0.330 e. The fourth-order valence-corrected chi connectivity index (χ4v) is 5.63. The highest BCUT2D eigenvalue weighted by atomic mass is 15.0. The lowest BCUT2D eigenvalue weighted by molar-refractivity contribution is 0.461. The summed E-state index contributed by atoms with van der Waals surface area (Å²) in [4.78, 5) is 0. The molecule has 1 unspecified atom stereocenters. The van der Waals surface area contributed by atoms with Gasteiger partial charge in [-0.15, -0.1) is 0 Å². The summed E-state index contributed by atoms with van der Waals surface area (Å²) in [6.45, 7) is 2.70. The third-order valence-electron chi connectivity index (χ3n) is 8.61. The average Bonchev–Trinajstić information content (AvgIpc) is 3.67. The maximum Gasteiger partial charge on any atom is 0.0703 e. The number of nitrogens with one attached hydrogen (secondary N) is 2. The summed E-state index contributed by atoms with van der Waals surface area (Å²) in [5.41, 5.74) is 10.7. The number of nitrogens with two attached hydrogens (primary N) is 1. The monoisotopic (exact) mass is 426 g/mol. The van der Waals surface area contributed by atoms with Crippen molar-refractivity contribution in [2.75, 3.05) is 19.6 Å². The summed E-state index contributed by atoms with van der Waals surface area (Å²) in [5, 5.41) is 16.9. The van der Waals surface area contributed by atoms with Gasteiger partial charge in [0.1, 0.15) is 0 Å². The molecular formula is C28H34N4. The van der Waals surface area contributed by atoms with Crippen molar-refractivity contribution in [1.29, 1.82) is 5.26 Å². The topological polar surface area (TPSA) is 73.9 Å². The molecule has 5 atom stereocenters. The molecule has 2 aromatic rings. The van der Waals surface area contributed by atoms with E-state index in [4.69, 9.17) is 5.73 Å². The molecule has 0 amide bonds. The Morgan fingerprint density at radius 2 is 1.59 bits per heavy atom. The highest BCUT2D eigenvalue weighted by Gasteiger charge is 2.53. The first-order valence-electron chi connectivity index (χ1n) is 12.4. The van der Waals surface area contributed by atoms with E-state index in [9.17, 15) is 5.26 Å². The van der Waals surface area contributed by atoms with Crippen LogP contribution in [0.3, 0.4) is 0 Å². The van der Waals surface area contributed by atoms with E-state index in [0.29, 0.717) is 35.3 Å². The fraction of sp³-hybridized carbons (Fsp3) is 0.536. The lowest BCUT2D eigenvalue weighted by atomic mass is 10.0. The molecular weight excluding hydrogens is 392 g/mol. The molecule has 4 heteroatoms. The molecule has 4 saturated carbocycles. The summed E-state index contributed by atoms with van der Waals surface area (Å²) in [6.07, 6.45) is 5.85. The molecule has 4 aliphatic carbocycles. The first-order chi connectivity index (χ1) is 15.7. The molecule has 166 valence electrons. The molecule has 0 radical (unpaired) electrons. The second-order valence-corrected chi connectivity index (χ2v) is 11.0. The van der Waals surface area contributed by atoms with Crippen molar-refractivity contribution in [3.63, 3.8) is 0 Å². The fourth-order valence-electron chi connectivity index (χ4n) is 5.63. The normalized spacial score (nSPS) is 32.7. The van der Waals surface area contributed by atoms with E-state index < -0.39 is 0 Å². The van der Waals surface area contributed by atoms with Crippen LogP contribution in [-0.2, 0) is 0 Å². The van der Waals surface area contributed by atoms with Gasteiger partial charge in [0.25, 0.3) is 0 Å². The molecule has 4 aliphatic rings. The quantitative estimate of drug-likeness (QED) is 0.537. The summed E-state index contributed by atoms with van der Waals surface area (Å²) >= 11 is 0. The zero-order valence-electron chi connectivity index (χ0n) is 18.8. The first-order valence-corrected chi connectivity index (χ1v) is 12.4. The Labute approximate surface area is 191 Å². The van der Waals surface area contributed by atoms with Gasteiger partial charge in [-0.2, -0.15) is 5.26 Å². The largest absolute Gasteiger partial charge is 0.330 e. The van der Waals surface area contributed by atoms with Crippen LogP contribution in [0, 0.1) is 22.2 Å². The van der Waals surface area contributed by atoms with Crippen LogP contribution in [0.2, 0.25) is 0 Å². The van der Waals surface area contributed by atoms with Crippen LogP contribution in [0.25, 0.3) is 0 Å². The molecule has 4 fully saturated rings. The number of hydrogen-bond donors (Lipinski definition) is 3.